The van der Waals surface area contributed by atoms with Crippen molar-refractivity contribution in [2.75, 3.05) is 20.1 Å². The zero-order valence-corrected chi connectivity index (χ0v) is 8.87. The molecule has 1 heterocycles. The molecule has 1 aromatic rings. The molecule has 0 bridgehead atoms. The summed E-state index contributed by atoms with van der Waals surface area (Å²) in [7, 11) is 2.03. The van der Waals surface area contributed by atoms with Crippen LogP contribution >= 0.6 is 0 Å². The van der Waals surface area contributed by atoms with Crippen LogP contribution in [0.4, 0.5) is 0 Å². The Labute approximate surface area is 89.4 Å². The Morgan fingerprint density at radius 3 is 3.07 bits per heavy atom. The minimum Gasteiger partial charge on any atom is -0.301 e. The van der Waals surface area contributed by atoms with Crippen LogP contribution in [0, 0.1) is 0 Å². The van der Waals surface area contributed by atoms with Crippen molar-refractivity contribution in [1.82, 2.24) is 9.88 Å². The summed E-state index contributed by atoms with van der Waals surface area (Å²) in [5.74, 6) is 0. The number of aromatic nitrogens is 1. The molecule has 1 aromatic heterocycles. The maximum absolute atomic E-state index is 8.10. The molecule has 0 aliphatic carbocycles. The van der Waals surface area contributed by atoms with Crippen LogP contribution in [-0.2, 0) is 6.54 Å². The molecular formula is C10H15N5. The van der Waals surface area contributed by atoms with E-state index in [0.29, 0.717) is 6.54 Å². The standard InChI is InChI=1S/C10H15N5/c1-15(8-4-7-13-14-11)9-10-5-2-3-6-12-10/h2-3,5-6H,4,7-9H2,1H3. The van der Waals surface area contributed by atoms with Gasteiger partial charge in [0, 0.05) is 24.2 Å². The number of azide groups is 1. The Morgan fingerprint density at radius 1 is 1.53 bits per heavy atom. The SMILES string of the molecule is CN(CCCN=[N+]=[N-])Cc1ccccn1. The summed E-state index contributed by atoms with van der Waals surface area (Å²) in [6.45, 7) is 2.30. The molecule has 0 spiro atoms. The average Bonchev–Trinajstić information content (AvgIpc) is 2.26. The lowest BCUT2D eigenvalue weighted by Gasteiger charge is -2.14. The quantitative estimate of drug-likeness (QED) is 0.309. The second kappa shape index (κ2) is 6.81. The fourth-order valence-electron chi connectivity index (χ4n) is 1.30. The third-order valence-corrected chi connectivity index (χ3v) is 2.02. The second-order valence-corrected chi connectivity index (χ2v) is 3.37. The average molecular weight is 205 g/mol. The van der Waals surface area contributed by atoms with Gasteiger partial charge in [0.2, 0.25) is 0 Å². The molecule has 0 saturated carbocycles. The van der Waals surface area contributed by atoms with Gasteiger partial charge in [0.05, 0.1) is 5.69 Å². The van der Waals surface area contributed by atoms with Crippen molar-refractivity contribution in [2.24, 2.45) is 5.11 Å². The van der Waals surface area contributed by atoms with Crippen LogP contribution in [0.15, 0.2) is 29.5 Å². The highest BCUT2D eigenvalue weighted by molar-refractivity contribution is 5.02. The fourth-order valence-corrected chi connectivity index (χ4v) is 1.30. The minimum atomic E-state index is 0.559. The molecule has 5 heteroatoms. The molecule has 0 aromatic carbocycles. The highest BCUT2D eigenvalue weighted by atomic mass is 15.1. The second-order valence-electron chi connectivity index (χ2n) is 3.37. The summed E-state index contributed by atoms with van der Waals surface area (Å²) >= 11 is 0. The van der Waals surface area contributed by atoms with Gasteiger partial charge in [0.1, 0.15) is 0 Å². The van der Waals surface area contributed by atoms with E-state index in [1.165, 1.54) is 0 Å². The molecule has 0 N–H and O–H groups in total. The number of rotatable bonds is 6. The van der Waals surface area contributed by atoms with Crippen molar-refractivity contribution in [3.8, 4) is 0 Å². The molecule has 80 valence electrons. The number of hydrogen-bond donors (Lipinski definition) is 0. The third kappa shape index (κ3) is 5.00. The Hall–Kier alpha value is -1.58. The predicted octanol–water partition coefficient (Wildman–Crippen LogP) is 2.21. The van der Waals surface area contributed by atoms with Crippen molar-refractivity contribution >= 4 is 0 Å². The molecule has 15 heavy (non-hydrogen) atoms. The van der Waals surface area contributed by atoms with Gasteiger partial charge in [-0.1, -0.05) is 11.2 Å². The number of hydrogen-bond acceptors (Lipinski definition) is 3. The summed E-state index contributed by atoms with van der Waals surface area (Å²) in [5.41, 5.74) is 9.16. The molecule has 0 radical (unpaired) electrons. The molecule has 0 saturated heterocycles. The van der Waals surface area contributed by atoms with E-state index in [2.05, 4.69) is 19.9 Å². The smallest absolute Gasteiger partial charge is 0.0543 e. The van der Waals surface area contributed by atoms with Crippen molar-refractivity contribution < 1.29 is 0 Å². The van der Waals surface area contributed by atoms with Crippen LogP contribution in [0.3, 0.4) is 0 Å². The molecule has 0 amide bonds. The molecular weight excluding hydrogens is 190 g/mol. The molecule has 0 atom stereocenters. The van der Waals surface area contributed by atoms with Gasteiger partial charge < -0.3 is 4.90 Å². The van der Waals surface area contributed by atoms with E-state index in [4.69, 9.17) is 5.53 Å². The van der Waals surface area contributed by atoms with E-state index >= 15 is 0 Å². The van der Waals surface area contributed by atoms with Crippen molar-refractivity contribution in [3.05, 3.63) is 40.5 Å². The zero-order chi connectivity index (χ0) is 10.9. The zero-order valence-electron chi connectivity index (χ0n) is 8.87. The Bertz CT molecular complexity index is 318. The topological polar surface area (TPSA) is 64.9 Å². The first kappa shape index (κ1) is 11.5. The van der Waals surface area contributed by atoms with Crippen LogP contribution in [0.5, 0.6) is 0 Å². The van der Waals surface area contributed by atoms with Crippen LogP contribution in [0.2, 0.25) is 0 Å². The van der Waals surface area contributed by atoms with Gasteiger partial charge in [0.25, 0.3) is 0 Å². The van der Waals surface area contributed by atoms with Gasteiger partial charge in [-0.25, -0.2) is 0 Å². The first-order chi connectivity index (χ1) is 7.33. The molecule has 1 rings (SSSR count). The Balaban J connectivity index is 2.24. The van der Waals surface area contributed by atoms with Gasteiger partial charge in [-0.2, -0.15) is 0 Å². The summed E-state index contributed by atoms with van der Waals surface area (Å²) < 4.78 is 0. The highest BCUT2D eigenvalue weighted by Crippen LogP contribution is 1.99. The molecule has 0 fully saturated rings. The maximum Gasteiger partial charge on any atom is 0.0543 e. The van der Waals surface area contributed by atoms with Crippen molar-refractivity contribution in [2.45, 2.75) is 13.0 Å². The van der Waals surface area contributed by atoms with Crippen LogP contribution in [-0.4, -0.2) is 30.0 Å². The van der Waals surface area contributed by atoms with E-state index < -0.39 is 0 Å². The molecule has 5 nitrogen and oxygen atoms in total. The maximum atomic E-state index is 8.10. The molecule has 0 aliphatic rings. The fraction of sp³-hybridized carbons (Fsp3) is 0.500. The van der Waals surface area contributed by atoms with Gasteiger partial charge in [-0.3, -0.25) is 4.98 Å². The Morgan fingerprint density at radius 2 is 2.40 bits per heavy atom. The van der Waals surface area contributed by atoms with Crippen molar-refractivity contribution in [1.29, 1.82) is 0 Å². The summed E-state index contributed by atoms with van der Waals surface area (Å²) in [5, 5.41) is 3.49. The molecule has 0 unspecified atom stereocenters. The third-order valence-electron chi connectivity index (χ3n) is 2.02. The predicted molar refractivity (Wildman–Crippen MR) is 59.2 cm³/mol. The monoisotopic (exact) mass is 205 g/mol. The van der Waals surface area contributed by atoms with Crippen molar-refractivity contribution in [3.63, 3.8) is 0 Å². The first-order valence-electron chi connectivity index (χ1n) is 4.92. The summed E-state index contributed by atoms with van der Waals surface area (Å²) in [6, 6.07) is 5.89. The lowest BCUT2D eigenvalue weighted by Crippen LogP contribution is -2.20. The van der Waals surface area contributed by atoms with E-state index in [0.717, 1.165) is 25.2 Å². The highest BCUT2D eigenvalue weighted by Gasteiger charge is 1.99. The van der Waals surface area contributed by atoms with Gasteiger partial charge in [-0.15, -0.1) is 0 Å². The first-order valence-corrected chi connectivity index (χ1v) is 4.92. The number of pyridine rings is 1. The van der Waals surface area contributed by atoms with Gasteiger partial charge >= 0.3 is 0 Å². The molecule has 0 aliphatic heterocycles. The largest absolute Gasteiger partial charge is 0.301 e. The van der Waals surface area contributed by atoms with Gasteiger partial charge in [-0.05, 0) is 37.7 Å². The van der Waals surface area contributed by atoms with Crippen LogP contribution in [0.1, 0.15) is 12.1 Å². The van der Waals surface area contributed by atoms with E-state index in [1.54, 1.807) is 6.20 Å². The Kier molecular flexibility index (Phi) is 5.22. The van der Waals surface area contributed by atoms with E-state index in [9.17, 15) is 0 Å². The van der Waals surface area contributed by atoms with Crippen LogP contribution in [0.25, 0.3) is 10.4 Å². The van der Waals surface area contributed by atoms with E-state index in [1.807, 2.05) is 25.2 Å². The normalized spacial score (nSPS) is 10.0. The van der Waals surface area contributed by atoms with E-state index in [-0.39, 0.29) is 0 Å². The van der Waals surface area contributed by atoms with Gasteiger partial charge in [0.15, 0.2) is 0 Å². The number of nitrogens with zero attached hydrogens (tertiary/aromatic N) is 5. The van der Waals surface area contributed by atoms with Crippen LogP contribution < -0.4 is 0 Å². The summed E-state index contributed by atoms with van der Waals surface area (Å²) in [6.07, 6.45) is 2.68. The minimum absolute atomic E-state index is 0.559. The summed E-state index contributed by atoms with van der Waals surface area (Å²) in [4.78, 5) is 9.11. The lowest BCUT2D eigenvalue weighted by atomic mass is 10.3. The lowest BCUT2D eigenvalue weighted by molar-refractivity contribution is 0.320.